The van der Waals surface area contributed by atoms with Gasteiger partial charge in [0.25, 0.3) is 0 Å². The molecule has 0 radical (unpaired) electrons. The van der Waals surface area contributed by atoms with Crippen LogP contribution in [0.2, 0.25) is 4.34 Å². The van der Waals surface area contributed by atoms with Gasteiger partial charge in [0.2, 0.25) is 0 Å². The highest BCUT2D eigenvalue weighted by molar-refractivity contribution is 7.16. The van der Waals surface area contributed by atoms with E-state index in [2.05, 4.69) is 5.32 Å². The number of hydrogen-bond acceptors (Lipinski definition) is 3. The van der Waals surface area contributed by atoms with Crippen molar-refractivity contribution in [3.63, 3.8) is 0 Å². The van der Waals surface area contributed by atoms with Crippen molar-refractivity contribution in [2.24, 2.45) is 0 Å². The van der Waals surface area contributed by atoms with E-state index in [0.29, 0.717) is 23.2 Å². The second kappa shape index (κ2) is 6.89. The molecule has 1 aromatic carbocycles. The second-order valence-electron chi connectivity index (χ2n) is 4.00. The molecule has 0 aliphatic rings. The van der Waals surface area contributed by atoms with Crippen LogP contribution in [-0.4, -0.2) is 6.54 Å². The molecule has 0 unspecified atom stereocenters. The predicted molar refractivity (Wildman–Crippen MR) is 77.4 cm³/mol. The first-order chi connectivity index (χ1) is 9.20. The van der Waals surface area contributed by atoms with Crippen molar-refractivity contribution in [2.75, 3.05) is 6.54 Å². The van der Waals surface area contributed by atoms with Crippen molar-refractivity contribution in [1.82, 2.24) is 5.32 Å². The standard InChI is InChI=1S/C14H15ClFNOS/c1-2-17-8-10-4-3-5-12(16)14(10)18-9-11-6-7-13(15)19-11/h3-7,17H,2,8-9H2,1H3. The zero-order valence-electron chi connectivity index (χ0n) is 10.6. The fourth-order valence-corrected chi connectivity index (χ4v) is 2.69. The van der Waals surface area contributed by atoms with E-state index >= 15 is 0 Å². The topological polar surface area (TPSA) is 21.3 Å². The van der Waals surface area contributed by atoms with Gasteiger partial charge in [-0.3, -0.25) is 0 Å². The highest BCUT2D eigenvalue weighted by Crippen LogP contribution is 2.26. The first-order valence-electron chi connectivity index (χ1n) is 6.06. The minimum Gasteiger partial charge on any atom is -0.485 e. The smallest absolute Gasteiger partial charge is 0.165 e. The van der Waals surface area contributed by atoms with Gasteiger partial charge in [0.15, 0.2) is 11.6 Å². The van der Waals surface area contributed by atoms with Gasteiger partial charge in [-0.2, -0.15) is 0 Å². The summed E-state index contributed by atoms with van der Waals surface area (Å²) in [6, 6.07) is 8.66. The second-order valence-corrected chi connectivity index (χ2v) is 5.80. The first kappa shape index (κ1) is 14.3. The third-order valence-corrected chi connectivity index (χ3v) is 3.81. The Morgan fingerprint density at radius 2 is 2.16 bits per heavy atom. The molecule has 2 nitrogen and oxygen atoms in total. The van der Waals surface area contributed by atoms with Crippen molar-refractivity contribution >= 4 is 22.9 Å². The van der Waals surface area contributed by atoms with Gasteiger partial charge in [0.05, 0.1) is 4.34 Å². The van der Waals surface area contributed by atoms with Gasteiger partial charge in [0, 0.05) is 17.0 Å². The number of hydrogen-bond donors (Lipinski definition) is 1. The lowest BCUT2D eigenvalue weighted by Gasteiger charge is -2.12. The molecule has 1 N–H and O–H groups in total. The largest absolute Gasteiger partial charge is 0.485 e. The fraction of sp³-hybridized carbons (Fsp3) is 0.286. The van der Waals surface area contributed by atoms with Crippen molar-refractivity contribution < 1.29 is 9.13 Å². The Morgan fingerprint density at radius 3 is 2.84 bits per heavy atom. The molecule has 2 aromatic rings. The zero-order chi connectivity index (χ0) is 13.7. The van der Waals surface area contributed by atoms with Crippen molar-refractivity contribution in [1.29, 1.82) is 0 Å². The Hall–Kier alpha value is -1.10. The van der Waals surface area contributed by atoms with Crippen LogP contribution in [0.15, 0.2) is 30.3 Å². The van der Waals surface area contributed by atoms with Gasteiger partial charge in [0.1, 0.15) is 6.61 Å². The molecule has 102 valence electrons. The van der Waals surface area contributed by atoms with Crippen molar-refractivity contribution in [2.45, 2.75) is 20.1 Å². The van der Waals surface area contributed by atoms with E-state index in [4.69, 9.17) is 16.3 Å². The molecule has 19 heavy (non-hydrogen) atoms. The Bertz CT molecular complexity index is 544. The van der Waals surface area contributed by atoms with E-state index in [1.807, 2.05) is 25.1 Å². The summed E-state index contributed by atoms with van der Waals surface area (Å²) < 4.78 is 20.1. The van der Waals surface area contributed by atoms with Crippen LogP contribution in [0.4, 0.5) is 4.39 Å². The zero-order valence-corrected chi connectivity index (χ0v) is 12.2. The predicted octanol–water partition coefficient (Wildman–Crippen LogP) is 4.23. The van der Waals surface area contributed by atoms with E-state index in [1.165, 1.54) is 17.4 Å². The molecule has 1 aromatic heterocycles. The Morgan fingerprint density at radius 1 is 1.32 bits per heavy atom. The number of halogens is 2. The van der Waals surface area contributed by atoms with Crippen LogP contribution in [-0.2, 0) is 13.2 Å². The summed E-state index contributed by atoms with van der Waals surface area (Å²) >= 11 is 7.29. The quantitative estimate of drug-likeness (QED) is 0.862. The lowest BCUT2D eigenvalue weighted by atomic mass is 10.2. The normalized spacial score (nSPS) is 10.7. The number of benzene rings is 1. The summed E-state index contributed by atoms with van der Waals surface area (Å²) in [5.74, 6) is -0.0222. The summed E-state index contributed by atoms with van der Waals surface area (Å²) in [6.07, 6.45) is 0. The van der Waals surface area contributed by atoms with Gasteiger partial charge >= 0.3 is 0 Å². The average molecular weight is 300 g/mol. The molecule has 0 bridgehead atoms. The average Bonchev–Trinajstić information content (AvgIpc) is 2.81. The Balaban J connectivity index is 2.09. The van der Waals surface area contributed by atoms with Crippen LogP contribution in [0.1, 0.15) is 17.4 Å². The van der Waals surface area contributed by atoms with E-state index < -0.39 is 0 Å². The molecule has 0 amide bonds. The molecule has 0 saturated carbocycles. The number of nitrogens with one attached hydrogen (secondary N) is 1. The summed E-state index contributed by atoms with van der Waals surface area (Å²) in [4.78, 5) is 0.975. The van der Waals surface area contributed by atoms with Gasteiger partial charge in [-0.1, -0.05) is 30.7 Å². The van der Waals surface area contributed by atoms with Gasteiger partial charge in [-0.15, -0.1) is 11.3 Å². The molecule has 0 atom stereocenters. The Labute approximate surface area is 121 Å². The summed E-state index contributed by atoms with van der Waals surface area (Å²) in [6.45, 7) is 3.76. The highest BCUT2D eigenvalue weighted by Gasteiger charge is 2.10. The molecular weight excluding hydrogens is 285 g/mol. The lowest BCUT2D eigenvalue weighted by Crippen LogP contribution is -2.13. The minimum absolute atomic E-state index is 0.313. The van der Waals surface area contributed by atoms with Crippen LogP contribution in [0, 0.1) is 5.82 Å². The van der Waals surface area contributed by atoms with Gasteiger partial charge in [-0.25, -0.2) is 4.39 Å². The first-order valence-corrected chi connectivity index (χ1v) is 7.25. The van der Waals surface area contributed by atoms with Crippen LogP contribution < -0.4 is 10.1 Å². The number of para-hydroxylation sites is 1. The third-order valence-electron chi connectivity index (χ3n) is 2.60. The van der Waals surface area contributed by atoms with Gasteiger partial charge < -0.3 is 10.1 Å². The fourth-order valence-electron chi connectivity index (χ4n) is 1.69. The molecule has 0 saturated heterocycles. The minimum atomic E-state index is -0.335. The maximum Gasteiger partial charge on any atom is 0.165 e. The molecular formula is C14H15ClFNOS. The number of rotatable bonds is 6. The van der Waals surface area contributed by atoms with E-state index in [-0.39, 0.29) is 5.82 Å². The van der Waals surface area contributed by atoms with E-state index in [1.54, 1.807) is 6.07 Å². The van der Waals surface area contributed by atoms with E-state index in [0.717, 1.165) is 17.0 Å². The molecule has 0 aliphatic heterocycles. The number of thiophene rings is 1. The molecule has 1 heterocycles. The molecule has 5 heteroatoms. The van der Waals surface area contributed by atoms with Crippen LogP contribution in [0.3, 0.4) is 0 Å². The van der Waals surface area contributed by atoms with Crippen molar-refractivity contribution in [3.05, 3.63) is 50.9 Å². The molecule has 0 fully saturated rings. The monoisotopic (exact) mass is 299 g/mol. The van der Waals surface area contributed by atoms with E-state index in [9.17, 15) is 4.39 Å². The van der Waals surface area contributed by atoms with Crippen LogP contribution >= 0.6 is 22.9 Å². The summed E-state index contributed by atoms with van der Waals surface area (Å²) in [5, 5.41) is 3.17. The van der Waals surface area contributed by atoms with Gasteiger partial charge in [-0.05, 0) is 24.7 Å². The molecule has 2 rings (SSSR count). The van der Waals surface area contributed by atoms with Crippen molar-refractivity contribution in [3.8, 4) is 5.75 Å². The maximum absolute atomic E-state index is 13.8. The molecule has 0 aliphatic carbocycles. The number of ether oxygens (including phenoxy) is 1. The Kier molecular flexibility index (Phi) is 5.19. The summed E-state index contributed by atoms with van der Waals surface area (Å²) in [5.41, 5.74) is 0.824. The SMILES string of the molecule is CCNCc1cccc(F)c1OCc1ccc(Cl)s1. The highest BCUT2D eigenvalue weighted by atomic mass is 35.5. The molecule has 0 spiro atoms. The van der Waals surface area contributed by atoms with Crippen LogP contribution in [0.25, 0.3) is 0 Å². The third kappa shape index (κ3) is 3.93. The summed E-state index contributed by atoms with van der Waals surface area (Å²) in [7, 11) is 0. The van der Waals surface area contributed by atoms with Crippen LogP contribution in [0.5, 0.6) is 5.75 Å². The lowest BCUT2D eigenvalue weighted by molar-refractivity contribution is 0.289. The maximum atomic E-state index is 13.8.